The van der Waals surface area contributed by atoms with Crippen molar-refractivity contribution >= 4 is 39.1 Å². The molecule has 1 aliphatic heterocycles. The number of aryl methyl sites for hydroxylation is 1. The molecule has 0 amide bonds. The Bertz CT molecular complexity index is 2180. The van der Waals surface area contributed by atoms with Gasteiger partial charge in [0.15, 0.2) is 17.9 Å². The van der Waals surface area contributed by atoms with Crippen LogP contribution in [0.5, 0.6) is 0 Å². The number of benzene rings is 3. The van der Waals surface area contributed by atoms with E-state index in [0.717, 1.165) is 85.5 Å². The fourth-order valence-electron chi connectivity index (χ4n) is 9.28. The minimum atomic E-state index is 0.304. The number of para-hydroxylation sites is 1. The highest BCUT2D eigenvalue weighted by molar-refractivity contribution is 6.31. The number of nitrogen functional groups attached to an aromatic ring is 1. The standard InChI is InChI=1S/C41H42ClN7/c42-30-13-14-34-36(24-30)44-37-23-27-20-26(21-29(22-27)38(37)39(34)43)8-6-7-17-49-25-31(46-47-49)15-18-48-19-16-33-32-11-4-5-12-35(32)45-40(33)41(48)28-9-2-1-3-10-28/h1-5,9-14,20,24-25,27,29,41,45H,6-8,15-19,21-23H2,(H2,43,44)/p+3. The second kappa shape index (κ2) is 12.8. The minimum absolute atomic E-state index is 0.304. The quantitative estimate of drug-likeness (QED) is 0.0863. The fourth-order valence-corrected chi connectivity index (χ4v) is 9.45. The van der Waals surface area contributed by atoms with E-state index in [1.54, 1.807) is 10.5 Å². The Morgan fingerprint density at radius 1 is 0.980 bits per heavy atom. The molecule has 2 bridgehead atoms. The van der Waals surface area contributed by atoms with E-state index in [9.17, 15) is 0 Å². The monoisotopic (exact) mass is 670 g/mol. The van der Waals surface area contributed by atoms with E-state index in [1.807, 2.05) is 12.1 Å². The highest BCUT2D eigenvalue weighted by atomic mass is 35.5. The molecule has 7 nitrogen and oxygen atoms in total. The number of nitrogens with two attached hydrogens (primary N) is 1. The van der Waals surface area contributed by atoms with E-state index in [1.165, 1.54) is 51.8 Å². The van der Waals surface area contributed by atoms with Crippen LogP contribution in [0.1, 0.15) is 77.8 Å². The lowest BCUT2D eigenvalue weighted by Gasteiger charge is -2.34. The first-order valence-corrected chi connectivity index (χ1v) is 18.5. The summed E-state index contributed by atoms with van der Waals surface area (Å²) in [7, 11) is 0. The largest absolute Gasteiger partial charge is 0.398 e. The van der Waals surface area contributed by atoms with E-state index in [-0.39, 0.29) is 0 Å². The first-order valence-electron chi connectivity index (χ1n) is 18.1. The number of quaternary nitrogens is 1. The molecule has 3 aliphatic rings. The molecule has 4 atom stereocenters. The summed E-state index contributed by atoms with van der Waals surface area (Å²) in [5.74, 6) is 1.09. The van der Waals surface area contributed by atoms with Crippen LogP contribution in [0.15, 0.2) is 90.6 Å². The number of anilines is 1. The summed E-state index contributed by atoms with van der Waals surface area (Å²) in [5, 5.41) is 11.2. The molecule has 6 aromatic rings. The van der Waals surface area contributed by atoms with Gasteiger partial charge in [0.25, 0.3) is 0 Å². The van der Waals surface area contributed by atoms with Gasteiger partial charge in [-0.2, -0.15) is 4.68 Å². The third-order valence-corrected chi connectivity index (χ3v) is 11.7. The molecule has 8 heteroatoms. The van der Waals surface area contributed by atoms with Gasteiger partial charge in [-0.25, -0.2) is 4.98 Å². The van der Waals surface area contributed by atoms with Crippen molar-refractivity contribution in [1.29, 1.82) is 0 Å². The number of hydrogen-bond donors (Lipinski definition) is 4. The van der Waals surface area contributed by atoms with Crippen LogP contribution >= 0.6 is 11.6 Å². The van der Waals surface area contributed by atoms with E-state index >= 15 is 0 Å². The average molecular weight is 671 g/mol. The number of fused-ring (bicyclic) bond motifs is 8. The van der Waals surface area contributed by atoms with E-state index in [2.05, 4.69) is 92.8 Å². The van der Waals surface area contributed by atoms with Crippen LogP contribution in [0.4, 0.5) is 5.69 Å². The van der Waals surface area contributed by atoms with Gasteiger partial charge < -0.3 is 15.6 Å². The first kappa shape index (κ1) is 30.6. The first-order chi connectivity index (χ1) is 24.1. The summed E-state index contributed by atoms with van der Waals surface area (Å²) >= 11 is 6.28. The van der Waals surface area contributed by atoms with Gasteiger partial charge in [-0.3, -0.25) is 0 Å². The van der Waals surface area contributed by atoms with Crippen LogP contribution in [0, 0.1) is 5.92 Å². The zero-order valence-electron chi connectivity index (χ0n) is 27.9. The van der Waals surface area contributed by atoms with Gasteiger partial charge in [-0.1, -0.05) is 77.0 Å². The Kier molecular flexibility index (Phi) is 7.97. The van der Waals surface area contributed by atoms with Gasteiger partial charge in [0.05, 0.1) is 36.3 Å². The van der Waals surface area contributed by atoms with Gasteiger partial charge >= 0.3 is 0 Å². The van der Waals surface area contributed by atoms with E-state index in [4.69, 9.17) is 22.4 Å². The van der Waals surface area contributed by atoms with Crippen molar-refractivity contribution in [3.63, 3.8) is 0 Å². The number of rotatable bonds is 9. The number of unbranched alkanes of at least 4 members (excludes halogenated alkanes) is 1. The average Bonchev–Trinajstić information content (AvgIpc) is 3.73. The molecule has 0 spiro atoms. The van der Waals surface area contributed by atoms with Crippen LogP contribution in [0.3, 0.4) is 0 Å². The zero-order valence-corrected chi connectivity index (χ0v) is 28.7. The molecule has 0 radical (unpaired) electrons. The molecule has 0 fully saturated rings. The summed E-state index contributed by atoms with van der Waals surface area (Å²) in [5.41, 5.74) is 19.7. The normalized spacial score (nSPS) is 21.4. The fraction of sp³-hybridized carbons (Fsp3) is 0.341. The molecule has 9 rings (SSSR count). The van der Waals surface area contributed by atoms with Crippen molar-refractivity contribution in [3.05, 3.63) is 129 Å². The van der Waals surface area contributed by atoms with E-state index in [0.29, 0.717) is 17.9 Å². The molecule has 2 aliphatic carbocycles. The Morgan fingerprint density at radius 3 is 2.78 bits per heavy atom. The molecule has 3 aromatic carbocycles. The van der Waals surface area contributed by atoms with Crippen LogP contribution in [-0.4, -0.2) is 28.4 Å². The lowest BCUT2D eigenvalue weighted by atomic mass is 9.70. The van der Waals surface area contributed by atoms with Gasteiger partial charge in [-0.15, -0.1) is 0 Å². The summed E-state index contributed by atoms with van der Waals surface area (Å²) in [6.07, 6.45) is 13.7. The topological polar surface area (TPSA) is 92.9 Å². The van der Waals surface area contributed by atoms with Gasteiger partial charge in [-0.05, 0) is 67.7 Å². The van der Waals surface area contributed by atoms with Crippen molar-refractivity contribution in [2.24, 2.45) is 5.92 Å². The van der Waals surface area contributed by atoms with Crippen LogP contribution in [0.2, 0.25) is 5.02 Å². The number of nitrogens with one attached hydrogen (secondary N) is 4. The van der Waals surface area contributed by atoms with Crippen LogP contribution in [-0.2, 0) is 25.8 Å². The van der Waals surface area contributed by atoms with Crippen LogP contribution in [0.25, 0.3) is 21.8 Å². The second-order valence-electron chi connectivity index (χ2n) is 14.6. The zero-order chi connectivity index (χ0) is 32.9. The van der Waals surface area contributed by atoms with Crippen molar-refractivity contribution in [2.75, 3.05) is 18.8 Å². The maximum Gasteiger partial charge on any atom is 0.224 e. The molecule has 248 valence electrons. The smallest absolute Gasteiger partial charge is 0.224 e. The Labute approximate surface area is 292 Å². The minimum Gasteiger partial charge on any atom is -0.398 e. The number of aromatic nitrogens is 5. The maximum absolute atomic E-state index is 6.79. The molecule has 4 unspecified atom stereocenters. The lowest BCUT2D eigenvalue weighted by molar-refractivity contribution is -0.928. The molecule has 3 aromatic heterocycles. The summed E-state index contributed by atoms with van der Waals surface area (Å²) < 4.78 is 2.18. The molecule has 49 heavy (non-hydrogen) atoms. The molecule has 0 saturated carbocycles. The van der Waals surface area contributed by atoms with Gasteiger partial charge in [0.2, 0.25) is 11.2 Å². The summed E-state index contributed by atoms with van der Waals surface area (Å²) in [4.78, 5) is 9.10. The van der Waals surface area contributed by atoms with Crippen molar-refractivity contribution in [1.82, 2.24) is 15.3 Å². The van der Waals surface area contributed by atoms with Crippen molar-refractivity contribution in [2.45, 2.75) is 69.9 Å². The van der Waals surface area contributed by atoms with E-state index < -0.39 is 0 Å². The number of H-pyrrole nitrogens is 3. The Hall–Kier alpha value is -4.46. The third-order valence-electron chi connectivity index (χ3n) is 11.5. The van der Waals surface area contributed by atoms with Gasteiger partial charge in [0, 0.05) is 51.1 Å². The summed E-state index contributed by atoms with van der Waals surface area (Å²) in [6.45, 7) is 3.14. The number of hydrogen-bond acceptors (Lipinski definition) is 2. The van der Waals surface area contributed by atoms with Crippen molar-refractivity contribution < 1.29 is 14.6 Å². The highest BCUT2D eigenvalue weighted by Gasteiger charge is 2.37. The number of pyridine rings is 1. The molecule has 0 saturated heterocycles. The van der Waals surface area contributed by atoms with Gasteiger partial charge in [0.1, 0.15) is 6.54 Å². The maximum atomic E-state index is 6.79. The molecular weight excluding hydrogens is 626 g/mol. The molecule has 6 N–H and O–H groups in total. The second-order valence-corrected chi connectivity index (χ2v) is 15.0. The predicted octanol–water partition coefficient (Wildman–Crippen LogP) is 6.00. The highest BCUT2D eigenvalue weighted by Crippen LogP contribution is 2.46. The molecular formula is C41H45ClN7+3. The number of aromatic amines is 3. The SMILES string of the molecule is Nc1c2c([nH+]c3cc(Cl)ccc13)CC1C=C(CCCC[n+]3cc(CC[NH+]4CCc5c([nH]c6ccccc56)C4c4ccccc4)n[nH]3)CC2C1. The third kappa shape index (κ3) is 5.83. The number of halogens is 1. The van der Waals surface area contributed by atoms with Crippen molar-refractivity contribution in [3.8, 4) is 0 Å². The molecule has 4 heterocycles. The Balaban J connectivity index is 0.810. The van der Waals surface area contributed by atoms with Crippen LogP contribution < -0.4 is 20.3 Å². The Morgan fingerprint density at radius 2 is 1.86 bits per heavy atom. The lowest BCUT2D eigenvalue weighted by Crippen LogP contribution is -3.13. The summed E-state index contributed by atoms with van der Waals surface area (Å²) in [6, 6.07) is 26.1. The predicted molar refractivity (Wildman–Crippen MR) is 195 cm³/mol. The number of allylic oxidation sites excluding steroid dienone is 2. The number of nitrogens with zero attached hydrogens (tertiary/aromatic N) is 2.